The number of thioether (sulfide) groups is 1. The third kappa shape index (κ3) is 4.00. The summed E-state index contributed by atoms with van der Waals surface area (Å²) in [4.78, 5) is 27.2. The molecule has 0 aliphatic carbocycles. The average molecular weight is 367 g/mol. The van der Waals surface area contributed by atoms with E-state index in [4.69, 9.17) is 0 Å². The van der Waals surface area contributed by atoms with E-state index < -0.39 is 4.92 Å². The molecule has 0 aliphatic rings. The summed E-state index contributed by atoms with van der Waals surface area (Å²) in [5, 5.41) is 11.1. The van der Waals surface area contributed by atoms with Crippen LogP contribution < -0.4 is 5.56 Å². The Labute approximate surface area is 154 Å². The summed E-state index contributed by atoms with van der Waals surface area (Å²) in [5.74, 6) is 0.511. The van der Waals surface area contributed by atoms with Gasteiger partial charge in [0.15, 0.2) is 5.03 Å². The molecule has 3 aromatic rings. The highest BCUT2D eigenvalue weighted by atomic mass is 32.2. The summed E-state index contributed by atoms with van der Waals surface area (Å²) in [6.45, 7) is 3.99. The van der Waals surface area contributed by atoms with Gasteiger partial charge >= 0.3 is 0 Å². The maximum absolute atomic E-state index is 12.7. The average Bonchev–Trinajstić information content (AvgIpc) is 2.60. The minimum Gasteiger partial charge on any atom is -0.280 e. The topological polar surface area (TPSA) is 78.0 Å². The summed E-state index contributed by atoms with van der Waals surface area (Å²) >= 11 is 1.32. The molecular formula is C19H17N3O3S. The summed E-state index contributed by atoms with van der Waals surface area (Å²) in [5.41, 5.74) is 3.75. The second-order valence-corrected chi connectivity index (χ2v) is 6.93. The Bertz CT molecular complexity index is 993. The van der Waals surface area contributed by atoms with Gasteiger partial charge in [0.1, 0.15) is 0 Å². The second kappa shape index (κ2) is 7.53. The number of hydrogen-bond donors (Lipinski definition) is 0. The van der Waals surface area contributed by atoms with Crippen molar-refractivity contribution >= 4 is 17.4 Å². The Balaban J connectivity index is 1.83. The first kappa shape index (κ1) is 17.9. The fourth-order valence-corrected chi connectivity index (χ4v) is 3.50. The van der Waals surface area contributed by atoms with Crippen molar-refractivity contribution in [1.29, 1.82) is 0 Å². The molecule has 0 aliphatic heterocycles. The fourth-order valence-electron chi connectivity index (χ4n) is 2.65. The lowest BCUT2D eigenvalue weighted by atomic mass is 10.1. The van der Waals surface area contributed by atoms with E-state index in [-0.39, 0.29) is 11.2 Å². The maximum atomic E-state index is 12.7. The molecule has 6 nitrogen and oxygen atoms in total. The standard InChI is InChI=1S/C19H17N3O3S/c1-13-9-14(2)11-17(10-13)21-8-7-20-18(19(21)23)26-12-15-3-5-16(6-4-15)22(24)25/h3-11H,12H2,1-2H3. The van der Waals surface area contributed by atoms with Crippen LogP contribution in [-0.4, -0.2) is 14.5 Å². The van der Waals surface area contributed by atoms with Gasteiger partial charge in [-0.15, -0.1) is 0 Å². The van der Waals surface area contributed by atoms with Gasteiger partial charge in [-0.3, -0.25) is 19.5 Å². The Morgan fingerprint density at radius 3 is 2.38 bits per heavy atom. The molecular weight excluding hydrogens is 350 g/mol. The maximum Gasteiger partial charge on any atom is 0.287 e. The number of nitro groups is 1. The zero-order valence-electron chi connectivity index (χ0n) is 14.4. The van der Waals surface area contributed by atoms with Gasteiger partial charge < -0.3 is 0 Å². The molecule has 1 aromatic heterocycles. The highest BCUT2D eigenvalue weighted by Gasteiger charge is 2.09. The second-order valence-electron chi connectivity index (χ2n) is 5.97. The predicted molar refractivity (Wildman–Crippen MR) is 102 cm³/mol. The van der Waals surface area contributed by atoms with Crippen LogP contribution in [0.1, 0.15) is 16.7 Å². The van der Waals surface area contributed by atoms with Gasteiger partial charge in [-0.25, -0.2) is 4.98 Å². The highest BCUT2D eigenvalue weighted by Crippen LogP contribution is 2.21. The van der Waals surface area contributed by atoms with Gasteiger partial charge in [0.05, 0.1) is 4.92 Å². The van der Waals surface area contributed by atoms with E-state index in [1.165, 1.54) is 23.9 Å². The molecule has 0 atom stereocenters. The Morgan fingerprint density at radius 1 is 1.12 bits per heavy atom. The lowest BCUT2D eigenvalue weighted by Gasteiger charge is -2.09. The molecule has 0 radical (unpaired) electrons. The number of benzene rings is 2. The summed E-state index contributed by atoms with van der Waals surface area (Å²) in [6, 6.07) is 12.3. The molecule has 0 saturated carbocycles. The quantitative estimate of drug-likeness (QED) is 0.386. The molecule has 0 spiro atoms. The summed E-state index contributed by atoms with van der Waals surface area (Å²) in [7, 11) is 0. The molecule has 0 bridgehead atoms. The number of hydrogen-bond acceptors (Lipinski definition) is 5. The largest absolute Gasteiger partial charge is 0.287 e. The van der Waals surface area contributed by atoms with E-state index in [2.05, 4.69) is 11.1 Å². The minimum atomic E-state index is -0.432. The lowest BCUT2D eigenvalue weighted by molar-refractivity contribution is -0.384. The number of rotatable bonds is 5. The van der Waals surface area contributed by atoms with Gasteiger partial charge in [-0.1, -0.05) is 30.0 Å². The van der Waals surface area contributed by atoms with Crippen molar-refractivity contribution in [1.82, 2.24) is 9.55 Å². The molecule has 2 aromatic carbocycles. The minimum absolute atomic E-state index is 0.0498. The first-order chi connectivity index (χ1) is 12.4. The molecule has 0 saturated heterocycles. The first-order valence-corrected chi connectivity index (χ1v) is 8.95. The van der Waals surface area contributed by atoms with Crippen molar-refractivity contribution < 1.29 is 4.92 Å². The van der Waals surface area contributed by atoms with Crippen LogP contribution in [0.25, 0.3) is 5.69 Å². The molecule has 1 heterocycles. The first-order valence-electron chi connectivity index (χ1n) is 7.96. The lowest BCUT2D eigenvalue weighted by Crippen LogP contribution is -2.20. The molecule has 26 heavy (non-hydrogen) atoms. The molecule has 0 amide bonds. The van der Waals surface area contributed by atoms with Crippen molar-refractivity contribution in [2.24, 2.45) is 0 Å². The van der Waals surface area contributed by atoms with Gasteiger partial charge in [0.2, 0.25) is 0 Å². The number of nitrogens with zero attached hydrogens (tertiary/aromatic N) is 3. The molecule has 0 N–H and O–H groups in total. The predicted octanol–water partition coefficient (Wildman–Crippen LogP) is 4.05. The number of non-ortho nitro benzene ring substituents is 1. The van der Waals surface area contributed by atoms with Crippen LogP contribution in [0.15, 0.2) is 64.7 Å². The van der Waals surface area contributed by atoms with E-state index >= 15 is 0 Å². The summed E-state index contributed by atoms with van der Waals surface area (Å²) < 4.78 is 1.59. The van der Waals surface area contributed by atoms with E-state index in [1.54, 1.807) is 29.1 Å². The zero-order valence-corrected chi connectivity index (χ0v) is 15.2. The van der Waals surface area contributed by atoms with Crippen molar-refractivity contribution in [2.75, 3.05) is 0 Å². The van der Waals surface area contributed by atoms with Crippen LogP contribution in [0, 0.1) is 24.0 Å². The molecule has 7 heteroatoms. The van der Waals surface area contributed by atoms with Gasteiger partial charge in [0.25, 0.3) is 11.2 Å². The molecule has 132 valence electrons. The van der Waals surface area contributed by atoms with Crippen molar-refractivity contribution in [3.8, 4) is 5.69 Å². The molecule has 3 rings (SSSR count). The SMILES string of the molecule is Cc1cc(C)cc(-n2ccnc(SCc3ccc([N+](=O)[O-])cc3)c2=O)c1. The van der Waals surface area contributed by atoms with E-state index in [1.807, 2.05) is 26.0 Å². The zero-order chi connectivity index (χ0) is 18.7. The van der Waals surface area contributed by atoms with Crippen molar-refractivity contribution in [3.63, 3.8) is 0 Å². The third-order valence-electron chi connectivity index (χ3n) is 3.82. The highest BCUT2D eigenvalue weighted by molar-refractivity contribution is 7.98. The van der Waals surface area contributed by atoms with Crippen LogP contribution in [0.5, 0.6) is 0 Å². The van der Waals surface area contributed by atoms with Crippen molar-refractivity contribution in [2.45, 2.75) is 24.6 Å². The number of aryl methyl sites for hydroxylation is 2. The van der Waals surface area contributed by atoms with Crippen LogP contribution in [0.4, 0.5) is 5.69 Å². The van der Waals surface area contributed by atoms with Crippen LogP contribution >= 0.6 is 11.8 Å². The Hall–Kier alpha value is -2.93. The third-order valence-corrected chi connectivity index (χ3v) is 4.85. The van der Waals surface area contributed by atoms with E-state index in [0.29, 0.717) is 10.8 Å². The monoisotopic (exact) mass is 367 g/mol. The van der Waals surface area contributed by atoms with Crippen LogP contribution in [0.2, 0.25) is 0 Å². The van der Waals surface area contributed by atoms with E-state index in [0.717, 1.165) is 22.4 Å². The fraction of sp³-hybridized carbons (Fsp3) is 0.158. The summed E-state index contributed by atoms with van der Waals surface area (Å²) in [6.07, 6.45) is 3.27. The van der Waals surface area contributed by atoms with Gasteiger partial charge in [-0.2, -0.15) is 0 Å². The Morgan fingerprint density at radius 2 is 1.77 bits per heavy atom. The van der Waals surface area contributed by atoms with Crippen molar-refractivity contribution in [3.05, 3.63) is 92.0 Å². The van der Waals surface area contributed by atoms with E-state index in [9.17, 15) is 14.9 Å². The smallest absolute Gasteiger partial charge is 0.280 e. The number of nitro benzene ring substituents is 1. The van der Waals surface area contributed by atoms with Gasteiger partial charge in [0, 0.05) is 36.0 Å². The Kier molecular flexibility index (Phi) is 5.18. The molecule has 0 unspecified atom stereocenters. The van der Waals surface area contributed by atoms with Crippen LogP contribution in [0.3, 0.4) is 0 Å². The number of aromatic nitrogens is 2. The van der Waals surface area contributed by atoms with Gasteiger partial charge in [-0.05, 0) is 42.7 Å². The van der Waals surface area contributed by atoms with Crippen LogP contribution in [-0.2, 0) is 5.75 Å². The normalized spacial score (nSPS) is 10.7. The molecule has 0 fully saturated rings.